The van der Waals surface area contributed by atoms with Crippen LogP contribution in [0.1, 0.15) is 16.7 Å². The van der Waals surface area contributed by atoms with Crippen LogP contribution in [-0.4, -0.2) is 29.8 Å². The fourth-order valence-corrected chi connectivity index (χ4v) is 3.70. The predicted octanol–water partition coefficient (Wildman–Crippen LogP) is 4.27. The van der Waals surface area contributed by atoms with Crippen LogP contribution in [0.2, 0.25) is 0 Å². The van der Waals surface area contributed by atoms with Crippen LogP contribution in [0, 0.1) is 13.8 Å². The number of carbonyl (C=O) groups excluding carboxylic acids is 1. The zero-order valence-electron chi connectivity index (χ0n) is 14.8. The van der Waals surface area contributed by atoms with Crippen molar-refractivity contribution in [2.45, 2.75) is 13.8 Å². The van der Waals surface area contributed by atoms with E-state index < -0.39 is 0 Å². The van der Waals surface area contributed by atoms with Gasteiger partial charge in [0.1, 0.15) is 0 Å². The van der Waals surface area contributed by atoms with Crippen molar-refractivity contribution in [1.29, 1.82) is 0 Å². The topological polar surface area (TPSA) is 51.1 Å². The second-order valence-corrected chi connectivity index (χ2v) is 7.26. The summed E-state index contributed by atoms with van der Waals surface area (Å²) >= 11 is 1.38. The third-order valence-corrected chi connectivity index (χ3v) is 5.47. The molecule has 132 valence electrons. The summed E-state index contributed by atoms with van der Waals surface area (Å²) in [7, 11) is 1.75. The van der Waals surface area contributed by atoms with Gasteiger partial charge in [-0.2, -0.15) is 0 Å². The number of thioether (sulfide) groups is 1. The summed E-state index contributed by atoms with van der Waals surface area (Å²) in [5.41, 5.74) is 4.14. The molecule has 0 atom stereocenters. The number of amides is 1. The largest absolute Gasteiger partial charge is 0.454 e. The lowest BCUT2D eigenvalue weighted by Crippen LogP contribution is -2.23. The molecular weight excluding hydrogens is 348 g/mol. The quantitative estimate of drug-likeness (QED) is 0.745. The van der Waals surface area contributed by atoms with Gasteiger partial charge in [0.05, 0.1) is 10.6 Å². The molecule has 2 aromatic carbocycles. The molecule has 2 aliphatic heterocycles. The van der Waals surface area contributed by atoms with Crippen molar-refractivity contribution in [3.63, 3.8) is 0 Å². The third kappa shape index (κ3) is 3.08. The van der Waals surface area contributed by atoms with Crippen molar-refractivity contribution in [2.75, 3.05) is 13.8 Å². The molecule has 0 unspecified atom stereocenters. The zero-order chi connectivity index (χ0) is 18.3. The van der Waals surface area contributed by atoms with Gasteiger partial charge in [-0.1, -0.05) is 12.1 Å². The molecule has 1 amide bonds. The first-order valence-corrected chi connectivity index (χ1v) is 9.06. The van der Waals surface area contributed by atoms with E-state index in [1.54, 1.807) is 11.9 Å². The molecule has 0 aromatic heterocycles. The lowest BCUT2D eigenvalue weighted by atomic mass is 10.1. The average molecular weight is 366 g/mol. The Morgan fingerprint density at radius 3 is 2.69 bits per heavy atom. The van der Waals surface area contributed by atoms with Crippen LogP contribution in [0.4, 0.5) is 5.69 Å². The maximum atomic E-state index is 12.6. The number of ether oxygens (including phenoxy) is 2. The number of aryl methyl sites for hydroxylation is 2. The number of aliphatic imine (C=N–C) groups is 1. The highest BCUT2D eigenvalue weighted by atomic mass is 32.2. The number of nitrogens with zero attached hydrogens (tertiary/aromatic N) is 2. The minimum atomic E-state index is -0.0600. The summed E-state index contributed by atoms with van der Waals surface area (Å²) in [5, 5.41) is 0.672. The molecule has 0 bridgehead atoms. The van der Waals surface area contributed by atoms with E-state index in [4.69, 9.17) is 9.47 Å². The molecule has 2 heterocycles. The highest BCUT2D eigenvalue weighted by molar-refractivity contribution is 8.18. The maximum absolute atomic E-state index is 12.6. The fraction of sp³-hybridized carbons (Fsp3) is 0.200. The Morgan fingerprint density at radius 1 is 1.08 bits per heavy atom. The number of rotatable bonds is 2. The third-order valence-electron chi connectivity index (χ3n) is 4.41. The van der Waals surface area contributed by atoms with E-state index in [-0.39, 0.29) is 12.7 Å². The molecule has 2 aromatic rings. The summed E-state index contributed by atoms with van der Waals surface area (Å²) in [4.78, 5) is 19.4. The predicted molar refractivity (Wildman–Crippen MR) is 104 cm³/mol. The Kier molecular flexibility index (Phi) is 4.20. The van der Waals surface area contributed by atoms with Gasteiger partial charge in [0, 0.05) is 7.05 Å². The molecule has 1 saturated heterocycles. The van der Waals surface area contributed by atoms with Crippen molar-refractivity contribution in [3.8, 4) is 11.5 Å². The summed E-state index contributed by atoms with van der Waals surface area (Å²) in [6.45, 7) is 4.36. The SMILES string of the molecule is Cc1ccc(N=C2S/C(=C/c3ccc4c(c3)OCO4)C(=O)N2C)cc1C. The molecule has 0 saturated carbocycles. The molecule has 6 heteroatoms. The molecular formula is C20H18N2O3S. The Bertz CT molecular complexity index is 966. The fourth-order valence-electron chi connectivity index (χ4n) is 2.71. The van der Waals surface area contributed by atoms with E-state index in [1.807, 2.05) is 42.5 Å². The van der Waals surface area contributed by atoms with Gasteiger partial charge in [-0.15, -0.1) is 0 Å². The number of hydrogen-bond acceptors (Lipinski definition) is 5. The molecule has 0 N–H and O–H groups in total. The lowest BCUT2D eigenvalue weighted by Gasteiger charge is -2.08. The van der Waals surface area contributed by atoms with Gasteiger partial charge >= 0.3 is 0 Å². The van der Waals surface area contributed by atoms with Crippen molar-refractivity contribution < 1.29 is 14.3 Å². The van der Waals surface area contributed by atoms with Gasteiger partial charge in [-0.3, -0.25) is 9.69 Å². The number of fused-ring (bicyclic) bond motifs is 1. The second-order valence-electron chi connectivity index (χ2n) is 6.25. The number of benzene rings is 2. The van der Waals surface area contributed by atoms with E-state index in [0.717, 1.165) is 17.0 Å². The van der Waals surface area contributed by atoms with E-state index in [0.29, 0.717) is 15.8 Å². The molecule has 5 nitrogen and oxygen atoms in total. The number of amidine groups is 1. The molecule has 0 aliphatic carbocycles. The van der Waals surface area contributed by atoms with Gasteiger partial charge in [0.15, 0.2) is 16.7 Å². The monoisotopic (exact) mass is 366 g/mol. The summed E-state index contributed by atoms with van der Waals surface area (Å²) in [6, 6.07) is 11.7. The molecule has 2 aliphatic rings. The van der Waals surface area contributed by atoms with Gasteiger partial charge in [-0.25, -0.2) is 4.99 Å². The van der Waals surface area contributed by atoms with E-state index >= 15 is 0 Å². The van der Waals surface area contributed by atoms with Crippen molar-refractivity contribution in [1.82, 2.24) is 4.90 Å². The van der Waals surface area contributed by atoms with Crippen molar-refractivity contribution in [2.24, 2.45) is 4.99 Å². The van der Waals surface area contributed by atoms with E-state index in [1.165, 1.54) is 22.9 Å². The van der Waals surface area contributed by atoms with Crippen molar-refractivity contribution >= 4 is 34.6 Å². The highest BCUT2D eigenvalue weighted by Crippen LogP contribution is 2.36. The molecule has 26 heavy (non-hydrogen) atoms. The van der Waals surface area contributed by atoms with Gasteiger partial charge in [0.25, 0.3) is 5.91 Å². The number of hydrogen-bond donors (Lipinski definition) is 0. The number of carbonyl (C=O) groups is 1. The van der Waals surface area contributed by atoms with Crippen molar-refractivity contribution in [3.05, 3.63) is 58.0 Å². The molecule has 4 rings (SSSR count). The summed E-state index contributed by atoms with van der Waals surface area (Å²) < 4.78 is 10.7. The van der Waals surface area contributed by atoms with Gasteiger partial charge < -0.3 is 9.47 Å². The lowest BCUT2D eigenvalue weighted by molar-refractivity contribution is -0.121. The first-order valence-electron chi connectivity index (χ1n) is 8.24. The maximum Gasteiger partial charge on any atom is 0.266 e. The van der Waals surface area contributed by atoms with Gasteiger partial charge in [-0.05, 0) is 72.6 Å². The highest BCUT2D eigenvalue weighted by Gasteiger charge is 2.30. The molecule has 1 fully saturated rings. The van der Waals surface area contributed by atoms with Crippen LogP contribution in [0.5, 0.6) is 11.5 Å². The first kappa shape index (κ1) is 16.7. The van der Waals surface area contributed by atoms with Crippen LogP contribution in [0.25, 0.3) is 6.08 Å². The smallest absolute Gasteiger partial charge is 0.266 e. The second kappa shape index (κ2) is 6.53. The Hall–Kier alpha value is -2.73. The summed E-state index contributed by atoms with van der Waals surface area (Å²) in [5.74, 6) is 1.37. The normalized spacial score (nSPS) is 19.0. The van der Waals surface area contributed by atoms with Crippen LogP contribution in [0.15, 0.2) is 46.3 Å². The number of likely N-dealkylation sites (N-methyl/N-ethyl adjacent to an activating group) is 1. The molecule has 0 radical (unpaired) electrons. The van der Waals surface area contributed by atoms with E-state index in [9.17, 15) is 4.79 Å². The Labute approximate surface area is 156 Å². The van der Waals surface area contributed by atoms with Crippen LogP contribution >= 0.6 is 11.8 Å². The average Bonchev–Trinajstić information content (AvgIpc) is 3.19. The first-order chi connectivity index (χ1) is 12.5. The van der Waals surface area contributed by atoms with Gasteiger partial charge in [0.2, 0.25) is 6.79 Å². The van der Waals surface area contributed by atoms with Crippen LogP contribution in [0.3, 0.4) is 0 Å². The minimum Gasteiger partial charge on any atom is -0.454 e. The van der Waals surface area contributed by atoms with E-state index in [2.05, 4.69) is 18.8 Å². The van der Waals surface area contributed by atoms with Crippen LogP contribution in [-0.2, 0) is 4.79 Å². The van der Waals surface area contributed by atoms with Crippen LogP contribution < -0.4 is 9.47 Å². The standard InChI is InChI=1S/C20H18N2O3S/c1-12-4-6-15(8-13(12)2)21-20-22(3)19(23)18(26-20)10-14-5-7-16-17(9-14)25-11-24-16/h4-10H,11H2,1-3H3/b18-10+,21-20?. The molecule has 0 spiro atoms. The zero-order valence-corrected chi connectivity index (χ0v) is 15.6. The Morgan fingerprint density at radius 2 is 1.88 bits per heavy atom. The summed E-state index contributed by atoms with van der Waals surface area (Å²) in [6.07, 6.45) is 1.86. The minimum absolute atomic E-state index is 0.0600. The Balaban J connectivity index is 1.62.